The largest absolute Gasteiger partial charge is 0.415 e. The number of halogens is 3. The lowest BCUT2D eigenvalue weighted by Crippen LogP contribution is -2.06. The molecular weight excluding hydrogens is 734 g/mol. The first kappa shape index (κ1) is 34.3. The zero-order valence-corrected chi connectivity index (χ0v) is 30.1. The molecule has 0 aliphatic carbocycles. The first-order valence-corrected chi connectivity index (χ1v) is 18.1. The Morgan fingerprint density at radius 2 is 0.966 bits per heavy atom. The summed E-state index contributed by atoms with van der Waals surface area (Å²) in [5.74, 6) is 1.07. The minimum Gasteiger partial charge on any atom is -0.308 e. The summed E-state index contributed by atoms with van der Waals surface area (Å²) in [6, 6.07) is 38.2. The molecule has 274 valence electrons. The van der Waals surface area contributed by atoms with Crippen LogP contribution in [0.3, 0.4) is 0 Å². The quantitative estimate of drug-likeness (QED) is 0.164. The van der Waals surface area contributed by atoms with E-state index in [-0.39, 0.29) is 22.5 Å². The monoisotopic (exact) mass is 758 g/mol. The zero-order chi connectivity index (χ0) is 39.5. The smallest absolute Gasteiger partial charge is 0.308 e. The van der Waals surface area contributed by atoms with Crippen LogP contribution in [0.4, 0.5) is 24.5 Å². The summed E-state index contributed by atoms with van der Waals surface area (Å²) >= 11 is 0. The normalized spacial score (nSPS) is 11.7. The van der Waals surface area contributed by atoms with Crippen LogP contribution in [0.5, 0.6) is 0 Å². The summed E-state index contributed by atoms with van der Waals surface area (Å²) in [5, 5.41) is 3.78. The van der Waals surface area contributed by atoms with Crippen molar-refractivity contribution in [1.82, 2.24) is 29.1 Å². The molecule has 0 aliphatic rings. The molecule has 0 radical (unpaired) electrons. The van der Waals surface area contributed by atoms with E-state index in [4.69, 9.17) is 13.1 Å². The van der Waals surface area contributed by atoms with Crippen molar-refractivity contribution < 1.29 is 13.2 Å². The van der Waals surface area contributed by atoms with Gasteiger partial charge in [0.1, 0.15) is 0 Å². The minimum absolute atomic E-state index is 0.101. The Morgan fingerprint density at radius 3 is 1.47 bits per heavy atom. The van der Waals surface area contributed by atoms with E-state index in [0.717, 1.165) is 66.9 Å². The molecule has 0 saturated carbocycles. The van der Waals surface area contributed by atoms with Crippen LogP contribution in [0.15, 0.2) is 152 Å². The molecule has 0 aliphatic heterocycles. The second kappa shape index (κ2) is 13.3. The third-order valence-electron chi connectivity index (χ3n) is 10.4. The Balaban J connectivity index is 1.37. The van der Waals surface area contributed by atoms with Crippen LogP contribution in [0.25, 0.3) is 98.6 Å². The summed E-state index contributed by atoms with van der Waals surface area (Å²) < 4.78 is 47.1. The molecule has 0 saturated heterocycles. The molecule has 0 unspecified atom stereocenters. The first-order chi connectivity index (χ1) is 28.3. The predicted octanol–water partition coefficient (Wildman–Crippen LogP) is 12.6. The standard InChI is InChI=1S/C47H25F3N8/c1-51-32-22-30(21-31(25-32)47(48,49)50)37-26-43(57-39-11-5-3-9-33(39)35-15-13-28(23-41(35)57)45-53-17-7-18-54-45)44(27-38(37)52-2)58-40-12-6-4-10-34(40)36-16-14-29(24-42(36)58)46-55-19-8-20-56-46/h3-27H. The predicted molar refractivity (Wildman–Crippen MR) is 220 cm³/mol. The highest BCUT2D eigenvalue weighted by Gasteiger charge is 2.32. The molecule has 8 nitrogen and oxygen atoms in total. The van der Waals surface area contributed by atoms with Crippen molar-refractivity contribution in [2.75, 3.05) is 0 Å². The van der Waals surface area contributed by atoms with Gasteiger partial charge in [0.15, 0.2) is 23.0 Å². The van der Waals surface area contributed by atoms with Gasteiger partial charge in [0, 0.05) is 63.0 Å². The van der Waals surface area contributed by atoms with Gasteiger partial charge in [-0.05, 0) is 77.9 Å². The molecule has 0 spiro atoms. The molecule has 0 fully saturated rings. The van der Waals surface area contributed by atoms with Gasteiger partial charge in [0.2, 0.25) is 0 Å². The highest BCUT2D eigenvalue weighted by atomic mass is 19.4. The highest BCUT2D eigenvalue weighted by molar-refractivity contribution is 6.13. The molecule has 4 aromatic heterocycles. The lowest BCUT2D eigenvalue weighted by molar-refractivity contribution is -0.137. The number of rotatable bonds is 5. The van der Waals surface area contributed by atoms with E-state index < -0.39 is 11.7 Å². The molecule has 11 heteroatoms. The molecule has 0 bridgehead atoms. The second-order valence-corrected chi connectivity index (χ2v) is 13.7. The van der Waals surface area contributed by atoms with E-state index in [2.05, 4.69) is 38.8 Å². The maximum Gasteiger partial charge on any atom is 0.415 e. The molecule has 0 atom stereocenters. The van der Waals surface area contributed by atoms with E-state index >= 15 is 0 Å². The number of hydrogen-bond acceptors (Lipinski definition) is 4. The summed E-state index contributed by atoms with van der Waals surface area (Å²) in [7, 11) is 0. The van der Waals surface area contributed by atoms with Crippen molar-refractivity contribution in [3.63, 3.8) is 0 Å². The van der Waals surface area contributed by atoms with Crippen molar-refractivity contribution in [2.24, 2.45) is 0 Å². The Labute approximate surface area is 328 Å². The van der Waals surface area contributed by atoms with Gasteiger partial charge >= 0.3 is 6.18 Å². The average molecular weight is 759 g/mol. The van der Waals surface area contributed by atoms with Crippen LogP contribution in [0.1, 0.15) is 5.56 Å². The van der Waals surface area contributed by atoms with E-state index in [0.29, 0.717) is 23.0 Å². The fourth-order valence-corrected chi connectivity index (χ4v) is 7.88. The summed E-state index contributed by atoms with van der Waals surface area (Å²) in [4.78, 5) is 25.3. The number of benzene rings is 6. The Hall–Kier alpha value is -8.15. The van der Waals surface area contributed by atoms with Gasteiger partial charge in [0.05, 0.1) is 46.6 Å². The van der Waals surface area contributed by atoms with Gasteiger partial charge in [0.25, 0.3) is 0 Å². The molecule has 6 aromatic carbocycles. The number of aromatic nitrogens is 6. The fraction of sp³-hybridized carbons (Fsp3) is 0.0213. The summed E-state index contributed by atoms with van der Waals surface area (Å²) in [5.41, 5.74) is 5.32. The molecule has 10 rings (SSSR count). The molecule has 4 heterocycles. The Kier molecular flexibility index (Phi) is 7.85. The first-order valence-electron chi connectivity index (χ1n) is 18.1. The van der Waals surface area contributed by atoms with E-state index in [9.17, 15) is 13.2 Å². The topological polar surface area (TPSA) is 70.1 Å². The Morgan fingerprint density at radius 1 is 0.466 bits per heavy atom. The zero-order valence-electron chi connectivity index (χ0n) is 30.1. The van der Waals surface area contributed by atoms with Crippen LogP contribution >= 0.6 is 0 Å². The number of fused-ring (bicyclic) bond motifs is 6. The molecule has 10 aromatic rings. The maximum absolute atomic E-state index is 14.3. The number of hydrogen-bond donors (Lipinski definition) is 0. The van der Waals surface area contributed by atoms with Gasteiger partial charge in [-0.1, -0.05) is 60.7 Å². The van der Waals surface area contributed by atoms with Gasteiger partial charge in [-0.2, -0.15) is 13.2 Å². The Bertz CT molecular complexity index is 3360. The fourth-order valence-electron chi connectivity index (χ4n) is 7.88. The number of alkyl halides is 3. The lowest BCUT2D eigenvalue weighted by atomic mass is 9.98. The van der Waals surface area contributed by atoms with Crippen molar-refractivity contribution in [2.45, 2.75) is 6.18 Å². The van der Waals surface area contributed by atoms with Crippen LogP contribution in [0, 0.1) is 13.1 Å². The average Bonchev–Trinajstić information content (AvgIpc) is 3.78. The van der Waals surface area contributed by atoms with Crippen LogP contribution in [-0.4, -0.2) is 29.1 Å². The molecule has 0 N–H and O–H groups in total. The van der Waals surface area contributed by atoms with Gasteiger partial charge in [-0.3, -0.25) is 0 Å². The minimum atomic E-state index is -4.72. The molecule has 58 heavy (non-hydrogen) atoms. The van der Waals surface area contributed by atoms with E-state index in [1.165, 1.54) is 6.07 Å². The van der Waals surface area contributed by atoms with Gasteiger partial charge < -0.3 is 9.13 Å². The van der Waals surface area contributed by atoms with Gasteiger partial charge in [-0.25, -0.2) is 29.6 Å². The van der Waals surface area contributed by atoms with E-state index in [1.54, 1.807) is 49.1 Å². The van der Waals surface area contributed by atoms with Crippen molar-refractivity contribution >= 4 is 55.0 Å². The van der Waals surface area contributed by atoms with Gasteiger partial charge in [-0.15, -0.1) is 0 Å². The van der Waals surface area contributed by atoms with Crippen molar-refractivity contribution in [3.8, 4) is 45.3 Å². The van der Waals surface area contributed by atoms with Crippen LogP contribution in [-0.2, 0) is 6.18 Å². The molecular formula is C47H25F3N8. The third kappa shape index (κ3) is 5.53. The van der Waals surface area contributed by atoms with Crippen molar-refractivity contribution in [1.29, 1.82) is 0 Å². The second-order valence-electron chi connectivity index (χ2n) is 13.7. The maximum atomic E-state index is 14.3. The van der Waals surface area contributed by atoms with Crippen LogP contribution < -0.4 is 0 Å². The highest BCUT2D eigenvalue weighted by Crippen LogP contribution is 2.45. The summed E-state index contributed by atoms with van der Waals surface area (Å²) in [6.45, 7) is 16.1. The molecule has 0 amide bonds. The number of para-hydroxylation sites is 2. The lowest BCUT2D eigenvalue weighted by Gasteiger charge is -2.20. The van der Waals surface area contributed by atoms with Crippen molar-refractivity contribution in [3.05, 3.63) is 181 Å². The van der Waals surface area contributed by atoms with E-state index in [1.807, 2.05) is 84.9 Å². The number of nitrogens with zero attached hydrogens (tertiary/aromatic N) is 8. The summed E-state index contributed by atoms with van der Waals surface area (Å²) in [6.07, 6.45) is 2.01. The third-order valence-corrected chi connectivity index (χ3v) is 10.4. The van der Waals surface area contributed by atoms with Crippen LogP contribution in [0.2, 0.25) is 0 Å². The SMILES string of the molecule is [C-]#[N+]c1cc(-c2cc(-n3c4ccccc4c4ccc(-c5ncccn5)cc43)c(-n3c4ccccc4c4ccc(-c5ncccn5)cc43)cc2[N+]#[C-])cc(C(F)(F)F)c1.